The number of nitrogens with one attached hydrogen (secondary N) is 3. The van der Waals surface area contributed by atoms with E-state index >= 15 is 0 Å². The van der Waals surface area contributed by atoms with Gasteiger partial charge in [0.1, 0.15) is 0 Å². The molecule has 112 valence electrons. The normalized spacial score (nSPS) is 17.8. The number of esters is 1. The molecule has 0 saturated carbocycles. The average Bonchev–Trinajstić information content (AvgIpc) is 2.49. The molecule has 1 heterocycles. The van der Waals surface area contributed by atoms with Crippen LogP contribution in [0.2, 0.25) is 0 Å². The molecule has 1 saturated heterocycles. The van der Waals surface area contributed by atoms with Crippen LogP contribution in [0.3, 0.4) is 0 Å². The Labute approximate surface area is 122 Å². The molecule has 0 spiro atoms. The van der Waals surface area contributed by atoms with Crippen LogP contribution in [0.1, 0.15) is 16.8 Å². The molecule has 1 aliphatic rings. The summed E-state index contributed by atoms with van der Waals surface area (Å²) in [4.78, 5) is 34.7. The lowest BCUT2D eigenvalue weighted by molar-refractivity contribution is -0.127. The third-order valence-electron chi connectivity index (χ3n) is 3.11. The van der Waals surface area contributed by atoms with Gasteiger partial charge in [-0.15, -0.1) is 0 Å². The first-order valence-corrected chi connectivity index (χ1v) is 6.59. The Kier molecular flexibility index (Phi) is 4.89. The van der Waals surface area contributed by atoms with Crippen molar-refractivity contribution in [1.29, 1.82) is 0 Å². The minimum absolute atomic E-state index is 0.0601. The van der Waals surface area contributed by atoms with Gasteiger partial charge in [0.15, 0.2) is 0 Å². The summed E-state index contributed by atoms with van der Waals surface area (Å²) in [7, 11) is 1.31. The van der Waals surface area contributed by atoms with E-state index < -0.39 is 12.0 Å². The van der Waals surface area contributed by atoms with Gasteiger partial charge in [-0.1, -0.05) is 0 Å². The number of hydrogen-bond donors (Lipinski definition) is 3. The molecule has 3 N–H and O–H groups in total. The van der Waals surface area contributed by atoms with E-state index in [0.29, 0.717) is 24.3 Å². The zero-order chi connectivity index (χ0) is 15.2. The van der Waals surface area contributed by atoms with E-state index in [1.807, 2.05) is 0 Å². The number of methoxy groups -OCH3 is 1. The fourth-order valence-electron chi connectivity index (χ4n) is 2.02. The number of piperazine rings is 1. The quantitative estimate of drug-likeness (QED) is 0.673. The molecular formula is C14H17N3O4. The van der Waals surface area contributed by atoms with Gasteiger partial charge in [-0.3, -0.25) is 9.59 Å². The lowest BCUT2D eigenvalue weighted by Crippen LogP contribution is -2.53. The summed E-state index contributed by atoms with van der Waals surface area (Å²) in [5.74, 6) is -0.872. The highest BCUT2D eigenvalue weighted by Gasteiger charge is 2.23. The molecule has 1 aromatic carbocycles. The van der Waals surface area contributed by atoms with Crippen molar-refractivity contribution in [3.63, 3.8) is 0 Å². The maximum absolute atomic E-state index is 11.9. The molecule has 0 aliphatic carbocycles. The van der Waals surface area contributed by atoms with Crippen molar-refractivity contribution in [3.8, 4) is 0 Å². The fraction of sp³-hybridized carbons (Fsp3) is 0.357. The van der Waals surface area contributed by atoms with E-state index in [1.54, 1.807) is 24.3 Å². The Morgan fingerprint density at radius 1 is 1.29 bits per heavy atom. The first-order valence-electron chi connectivity index (χ1n) is 6.59. The second-order valence-electron chi connectivity index (χ2n) is 4.62. The summed E-state index contributed by atoms with van der Waals surface area (Å²) in [6.45, 7) is 1.23. The molecule has 2 rings (SSSR count). The topological polar surface area (TPSA) is 96.5 Å². The average molecular weight is 291 g/mol. The van der Waals surface area contributed by atoms with Crippen molar-refractivity contribution in [3.05, 3.63) is 29.8 Å². The standard InChI is InChI=1S/C14H17N3O4/c1-21-14(20)9-2-4-10(5-3-9)17-12(18)8-11-13(19)16-7-6-15-11/h2-5,11,15H,6-8H2,1H3,(H,16,19)(H,17,18)/t11-/m0/s1. The fourth-order valence-corrected chi connectivity index (χ4v) is 2.02. The first-order chi connectivity index (χ1) is 10.1. The van der Waals surface area contributed by atoms with Gasteiger partial charge >= 0.3 is 5.97 Å². The highest BCUT2D eigenvalue weighted by atomic mass is 16.5. The summed E-state index contributed by atoms with van der Waals surface area (Å²) < 4.78 is 4.59. The van der Waals surface area contributed by atoms with Gasteiger partial charge in [0.05, 0.1) is 25.1 Å². The second-order valence-corrected chi connectivity index (χ2v) is 4.62. The lowest BCUT2D eigenvalue weighted by Gasteiger charge is -2.22. The molecule has 2 amide bonds. The van der Waals surface area contributed by atoms with Crippen molar-refractivity contribution in [2.45, 2.75) is 12.5 Å². The largest absolute Gasteiger partial charge is 0.465 e. The van der Waals surface area contributed by atoms with E-state index in [-0.39, 0.29) is 18.2 Å². The zero-order valence-corrected chi connectivity index (χ0v) is 11.6. The zero-order valence-electron chi connectivity index (χ0n) is 11.6. The maximum atomic E-state index is 11.9. The van der Waals surface area contributed by atoms with Crippen molar-refractivity contribution in [2.24, 2.45) is 0 Å². The molecule has 21 heavy (non-hydrogen) atoms. The Bertz CT molecular complexity index is 542. The molecule has 0 radical (unpaired) electrons. The molecule has 0 aromatic heterocycles. The number of carbonyl (C=O) groups is 3. The minimum Gasteiger partial charge on any atom is -0.465 e. The van der Waals surface area contributed by atoms with Crippen molar-refractivity contribution >= 4 is 23.5 Å². The van der Waals surface area contributed by atoms with Gasteiger partial charge in [-0.2, -0.15) is 0 Å². The molecule has 1 aromatic rings. The second kappa shape index (κ2) is 6.85. The first kappa shape index (κ1) is 15.0. The summed E-state index contributed by atoms with van der Waals surface area (Å²) in [5, 5.41) is 8.36. The predicted octanol–water partition coefficient (Wildman–Crippen LogP) is -0.110. The van der Waals surface area contributed by atoms with Gasteiger partial charge < -0.3 is 20.7 Å². The van der Waals surface area contributed by atoms with Crippen LogP contribution < -0.4 is 16.0 Å². The smallest absolute Gasteiger partial charge is 0.337 e. The van der Waals surface area contributed by atoms with Crippen LogP contribution in [0.25, 0.3) is 0 Å². The lowest BCUT2D eigenvalue weighted by atomic mass is 10.1. The van der Waals surface area contributed by atoms with Crippen molar-refractivity contribution < 1.29 is 19.1 Å². The van der Waals surface area contributed by atoms with E-state index in [4.69, 9.17) is 0 Å². The molecular weight excluding hydrogens is 274 g/mol. The minimum atomic E-state index is -0.506. The number of anilines is 1. The summed E-state index contributed by atoms with van der Waals surface area (Å²) >= 11 is 0. The van der Waals surface area contributed by atoms with E-state index in [1.165, 1.54) is 7.11 Å². The summed E-state index contributed by atoms with van der Waals surface area (Å²) in [6.07, 6.45) is 0.0601. The van der Waals surface area contributed by atoms with Crippen molar-refractivity contribution in [2.75, 3.05) is 25.5 Å². The van der Waals surface area contributed by atoms with Crippen LogP contribution in [-0.4, -0.2) is 44.0 Å². The van der Waals surface area contributed by atoms with Crippen LogP contribution in [-0.2, 0) is 14.3 Å². The number of benzene rings is 1. The molecule has 1 fully saturated rings. The van der Waals surface area contributed by atoms with E-state index in [9.17, 15) is 14.4 Å². The Morgan fingerprint density at radius 2 is 2.00 bits per heavy atom. The predicted molar refractivity (Wildman–Crippen MR) is 75.8 cm³/mol. The number of amides is 2. The highest BCUT2D eigenvalue weighted by molar-refractivity contribution is 5.96. The number of carbonyl (C=O) groups excluding carboxylic acids is 3. The van der Waals surface area contributed by atoms with Crippen LogP contribution >= 0.6 is 0 Å². The van der Waals surface area contributed by atoms with Crippen LogP contribution in [0.15, 0.2) is 24.3 Å². The SMILES string of the molecule is COC(=O)c1ccc(NC(=O)C[C@@H]2NCCNC2=O)cc1. The molecule has 1 atom stereocenters. The molecule has 0 unspecified atom stereocenters. The third-order valence-corrected chi connectivity index (χ3v) is 3.11. The van der Waals surface area contributed by atoms with Gasteiger partial charge in [0.2, 0.25) is 11.8 Å². The van der Waals surface area contributed by atoms with Crippen LogP contribution in [0, 0.1) is 0 Å². The summed E-state index contributed by atoms with van der Waals surface area (Å²) in [6, 6.07) is 5.84. The molecule has 0 bridgehead atoms. The Morgan fingerprint density at radius 3 is 2.62 bits per heavy atom. The summed E-state index contributed by atoms with van der Waals surface area (Å²) in [5.41, 5.74) is 0.965. The third kappa shape index (κ3) is 4.03. The number of rotatable bonds is 4. The Hall–Kier alpha value is -2.41. The van der Waals surface area contributed by atoms with Crippen LogP contribution in [0.4, 0.5) is 5.69 Å². The van der Waals surface area contributed by atoms with Gasteiger partial charge in [0.25, 0.3) is 0 Å². The van der Waals surface area contributed by atoms with Gasteiger partial charge in [0, 0.05) is 18.8 Å². The monoisotopic (exact) mass is 291 g/mol. The maximum Gasteiger partial charge on any atom is 0.337 e. The van der Waals surface area contributed by atoms with Gasteiger partial charge in [-0.25, -0.2) is 4.79 Å². The Balaban J connectivity index is 1.90. The van der Waals surface area contributed by atoms with Crippen molar-refractivity contribution in [1.82, 2.24) is 10.6 Å². The molecule has 7 nitrogen and oxygen atoms in total. The van der Waals surface area contributed by atoms with E-state index in [2.05, 4.69) is 20.7 Å². The molecule has 1 aliphatic heterocycles. The van der Waals surface area contributed by atoms with Gasteiger partial charge in [-0.05, 0) is 24.3 Å². The highest BCUT2D eigenvalue weighted by Crippen LogP contribution is 2.11. The number of ether oxygens (including phenoxy) is 1. The van der Waals surface area contributed by atoms with Crippen LogP contribution in [0.5, 0.6) is 0 Å². The number of hydrogen-bond acceptors (Lipinski definition) is 5. The molecule has 7 heteroatoms. The van der Waals surface area contributed by atoms with E-state index in [0.717, 1.165) is 0 Å².